The maximum Gasteiger partial charge on any atom is -0.0154 e. The van der Waals surface area contributed by atoms with Crippen molar-refractivity contribution >= 4 is 0 Å². The van der Waals surface area contributed by atoms with E-state index in [0.717, 1.165) is 0 Å². The van der Waals surface area contributed by atoms with Crippen LogP contribution >= 0.6 is 0 Å². The van der Waals surface area contributed by atoms with Crippen LogP contribution in [-0.4, -0.2) is 0 Å². The molecule has 6 rings (SSSR count). The van der Waals surface area contributed by atoms with Gasteiger partial charge in [0.1, 0.15) is 0 Å². The molecule has 6 aromatic carbocycles. The van der Waals surface area contributed by atoms with Crippen LogP contribution in [-0.2, 0) is 0 Å². The van der Waals surface area contributed by atoms with E-state index in [1.807, 2.05) is 0 Å². The fraction of sp³-hybridized carbons (Fsp3) is 0.525. The summed E-state index contributed by atoms with van der Waals surface area (Å²) in [6.45, 7) is 8.61. The standard InChI is InChI=1S/C80H112/c1-4-7-10-11-12-13-14-18-22-33-62-78(72-53-40-26-41-54-72)67-80(74-57-44-28-45-58-74)64-68(63-79(73-55-42-27-43-56-73)66-77(60-30-9-6-3)71-51-38-25-39-52-71)46-31-20-17-15-16-19-21-32-61-76(70-49-36-24-37-50-70)65-75(59-29-8-5-2)69-47-34-23-35-48-69/h4,23-28,34-45,47-58,68,75-80H,1,5-22,29-33,46,59-67H2,2-3H3. The molecular formula is C80H112. The van der Waals surface area contributed by atoms with E-state index in [0.29, 0.717) is 41.4 Å². The zero-order chi connectivity index (χ0) is 55.8. The lowest BCUT2D eigenvalue weighted by Crippen LogP contribution is -2.17. The van der Waals surface area contributed by atoms with Gasteiger partial charge in [0.25, 0.3) is 0 Å². The third-order valence-electron chi connectivity index (χ3n) is 18.5. The smallest absolute Gasteiger partial charge is 0.0154 e. The quantitative estimate of drug-likeness (QED) is 0.0264. The Morgan fingerprint density at radius 3 is 0.750 bits per heavy atom. The molecule has 0 saturated carbocycles. The van der Waals surface area contributed by atoms with Crippen LogP contribution in [0.5, 0.6) is 0 Å². The highest BCUT2D eigenvalue weighted by molar-refractivity contribution is 5.27. The minimum absolute atomic E-state index is 0.541. The summed E-state index contributed by atoms with van der Waals surface area (Å²) >= 11 is 0. The fourth-order valence-corrected chi connectivity index (χ4v) is 13.8. The van der Waals surface area contributed by atoms with Crippen LogP contribution in [0.2, 0.25) is 0 Å². The molecule has 432 valence electrons. The van der Waals surface area contributed by atoms with E-state index in [9.17, 15) is 0 Å². The van der Waals surface area contributed by atoms with E-state index < -0.39 is 0 Å². The number of hydrogen-bond acceptors (Lipinski definition) is 0. The van der Waals surface area contributed by atoms with Gasteiger partial charge in [-0.3, -0.25) is 0 Å². The summed E-state index contributed by atoms with van der Waals surface area (Å²) in [5, 5.41) is 0. The van der Waals surface area contributed by atoms with Crippen molar-refractivity contribution in [2.45, 2.75) is 261 Å². The van der Waals surface area contributed by atoms with Gasteiger partial charge in [0.05, 0.1) is 0 Å². The summed E-state index contributed by atoms with van der Waals surface area (Å²) in [6, 6.07) is 69.9. The maximum atomic E-state index is 3.92. The zero-order valence-electron chi connectivity index (χ0n) is 51.0. The molecule has 0 nitrogen and oxygen atoms in total. The molecule has 7 atom stereocenters. The van der Waals surface area contributed by atoms with Crippen molar-refractivity contribution in [1.29, 1.82) is 0 Å². The van der Waals surface area contributed by atoms with Crippen LogP contribution in [0, 0.1) is 5.92 Å². The Kier molecular flexibility index (Phi) is 33.0. The maximum absolute atomic E-state index is 3.92. The first-order valence-electron chi connectivity index (χ1n) is 33.6. The fourth-order valence-electron chi connectivity index (χ4n) is 13.8. The van der Waals surface area contributed by atoms with E-state index in [1.54, 1.807) is 33.4 Å². The molecule has 0 aliphatic rings. The predicted molar refractivity (Wildman–Crippen MR) is 352 cm³/mol. The van der Waals surface area contributed by atoms with E-state index >= 15 is 0 Å². The van der Waals surface area contributed by atoms with Gasteiger partial charge in [-0.15, -0.1) is 6.58 Å². The van der Waals surface area contributed by atoms with Gasteiger partial charge in [-0.2, -0.15) is 0 Å². The second-order valence-electron chi connectivity index (χ2n) is 24.8. The Balaban J connectivity index is 1.11. The zero-order valence-corrected chi connectivity index (χ0v) is 51.0. The molecule has 0 amide bonds. The Morgan fingerprint density at radius 2 is 0.475 bits per heavy atom. The van der Waals surface area contributed by atoms with Crippen LogP contribution in [0.1, 0.15) is 295 Å². The Morgan fingerprint density at radius 1 is 0.250 bits per heavy atom. The van der Waals surface area contributed by atoms with Crippen LogP contribution in [0.4, 0.5) is 0 Å². The normalized spacial score (nSPS) is 14.2. The van der Waals surface area contributed by atoms with Gasteiger partial charge in [0, 0.05) is 0 Å². The highest BCUT2D eigenvalue weighted by atomic mass is 14.3. The van der Waals surface area contributed by atoms with Crippen molar-refractivity contribution in [1.82, 2.24) is 0 Å². The van der Waals surface area contributed by atoms with Gasteiger partial charge < -0.3 is 0 Å². The van der Waals surface area contributed by atoms with Gasteiger partial charge in [-0.1, -0.05) is 343 Å². The lowest BCUT2D eigenvalue weighted by atomic mass is 9.73. The SMILES string of the molecule is C=CCCCCCCCCCCC(CC(CC(CCCCCCCCCCC(CC(CCCCC)c1ccccc1)c1ccccc1)CC(CC(CCCCC)c1ccccc1)c1ccccc1)c1ccccc1)c1ccccc1. The van der Waals surface area contributed by atoms with Gasteiger partial charge in [-0.25, -0.2) is 0 Å². The minimum Gasteiger partial charge on any atom is -0.103 e. The number of allylic oxidation sites excluding steroid dienone is 1. The molecule has 0 bridgehead atoms. The third kappa shape index (κ3) is 25.5. The van der Waals surface area contributed by atoms with Crippen molar-refractivity contribution in [2.75, 3.05) is 0 Å². The van der Waals surface area contributed by atoms with Crippen LogP contribution in [0.15, 0.2) is 195 Å². The molecule has 80 heavy (non-hydrogen) atoms. The first kappa shape index (κ1) is 64.2. The number of hydrogen-bond donors (Lipinski definition) is 0. The summed E-state index contributed by atoms with van der Waals surface area (Å²) in [6.07, 6.45) is 45.8. The van der Waals surface area contributed by atoms with E-state index in [-0.39, 0.29) is 0 Å². The monoisotopic (exact) mass is 1070 g/mol. The van der Waals surface area contributed by atoms with Crippen LogP contribution in [0.25, 0.3) is 0 Å². The molecule has 0 heteroatoms. The summed E-state index contributed by atoms with van der Waals surface area (Å²) in [5.74, 6) is 4.21. The lowest BCUT2D eigenvalue weighted by Gasteiger charge is -2.32. The van der Waals surface area contributed by atoms with Crippen molar-refractivity contribution in [2.24, 2.45) is 5.92 Å². The number of benzene rings is 6. The molecule has 0 N–H and O–H groups in total. The molecule has 0 aromatic heterocycles. The highest BCUT2D eigenvalue weighted by Gasteiger charge is 2.28. The Hall–Kier alpha value is -4.94. The first-order valence-corrected chi connectivity index (χ1v) is 33.6. The Labute approximate surface area is 492 Å². The highest BCUT2D eigenvalue weighted by Crippen LogP contribution is 2.44. The van der Waals surface area contributed by atoms with Gasteiger partial charge in [-0.05, 0) is 145 Å². The van der Waals surface area contributed by atoms with Crippen molar-refractivity contribution in [3.8, 4) is 0 Å². The van der Waals surface area contributed by atoms with Crippen LogP contribution in [0.3, 0.4) is 0 Å². The molecule has 0 heterocycles. The van der Waals surface area contributed by atoms with Crippen LogP contribution < -0.4 is 0 Å². The average Bonchev–Trinajstić information content (AvgIpc) is 3.51. The van der Waals surface area contributed by atoms with Gasteiger partial charge in [0.15, 0.2) is 0 Å². The lowest BCUT2D eigenvalue weighted by molar-refractivity contribution is 0.311. The second kappa shape index (κ2) is 41.1. The van der Waals surface area contributed by atoms with E-state index in [4.69, 9.17) is 0 Å². The first-order chi connectivity index (χ1) is 39.6. The molecule has 6 aromatic rings. The van der Waals surface area contributed by atoms with Crippen molar-refractivity contribution < 1.29 is 0 Å². The number of unbranched alkanes of at least 4 members (excludes halogenated alkanes) is 19. The average molecular weight is 1070 g/mol. The third-order valence-corrected chi connectivity index (χ3v) is 18.5. The van der Waals surface area contributed by atoms with Gasteiger partial charge in [0.2, 0.25) is 0 Å². The molecule has 7 unspecified atom stereocenters. The molecule has 0 radical (unpaired) electrons. The number of rotatable bonds is 46. The molecule has 0 aliphatic carbocycles. The minimum atomic E-state index is 0.541. The second-order valence-corrected chi connectivity index (χ2v) is 24.8. The molecule has 0 fully saturated rings. The summed E-state index contributed by atoms with van der Waals surface area (Å²) in [7, 11) is 0. The topological polar surface area (TPSA) is 0 Å². The summed E-state index contributed by atoms with van der Waals surface area (Å²) < 4.78 is 0. The van der Waals surface area contributed by atoms with E-state index in [2.05, 4.69) is 208 Å². The van der Waals surface area contributed by atoms with E-state index in [1.165, 1.54) is 212 Å². The Bertz CT molecular complexity index is 2340. The van der Waals surface area contributed by atoms with Crippen molar-refractivity contribution in [3.63, 3.8) is 0 Å². The molecular weight excluding hydrogens is 961 g/mol. The molecule has 0 saturated heterocycles. The summed E-state index contributed by atoms with van der Waals surface area (Å²) in [5.41, 5.74) is 9.31. The van der Waals surface area contributed by atoms with Gasteiger partial charge >= 0.3 is 0 Å². The predicted octanol–water partition coefficient (Wildman–Crippen LogP) is 25.4. The summed E-state index contributed by atoms with van der Waals surface area (Å²) in [4.78, 5) is 0. The largest absolute Gasteiger partial charge is 0.103 e. The molecule has 0 spiro atoms. The molecule has 0 aliphatic heterocycles. The van der Waals surface area contributed by atoms with Crippen molar-refractivity contribution in [3.05, 3.63) is 228 Å².